The lowest BCUT2D eigenvalue weighted by Gasteiger charge is -2.12. The highest BCUT2D eigenvalue weighted by Gasteiger charge is 2.31. The number of ether oxygens (including phenoxy) is 1. The van der Waals surface area contributed by atoms with Gasteiger partial charge in [0.2, 0.25) is 5.88 Å². The Bertz CT molecular complexity index is 1430. The number of rotatable bonds is 6. The normalized spacial score (nSPS) is 11.9. The number of anilines is 1. The Morgan fingerprint density at radius 2 is 1.71 bits per heavy atom. The van der Waals surface area contributed by atoms with Crippen molar-refractivity contribution < 1.29 is 26.3 Å². The number of benzene rings is 2. The zero-order valence-electron chi connectivity index (χ0n) is 17.9. The number of alkyl halides is 3. The topological polar surface area (TPSA) is 99.0 Å². The van der Waals surface area contributed by atoms with Crippen molar-refractivity contribution in [2.75, 3.05) is 4.72 Å². The summed E-state index contributed by atoms with van der Waals surface area (Å²) in [6.45, 7) is 3.76. The number of aryl methyl sites for hydroxylation is 2. The minimum atomic E-state index is -4.65. The average Bonchev–Trinajstić information content (AvgIpc) is 3.12. The van der Waals surface area contributed by atoms with Gasteiger partial charge in [0.1, 0.15) is 12.1 Å². The maximum atomic E-state index is 12.9. The zero-order valence-corrected chi connectivity index (χ0v) is 18.7. The molecule has 34 heavy (non-hydrogen) atoms. The third-order valence-corrected chi connectivity index (χ3v) is 6.03. The van der Waals surface area contributed by atoms with Gasteiger partial charge in [-0.2, -0.15) is 18.3 Å². The molecular weight excluding hydrogens is 471 g/mol. The van der Waals surface area contributed by atoms with Crippen LogP contribution in [0.1, 0.15) is 17.0 Å². The second-order valence-electron chi connectivity index (χ2n) is 7.31. The molecule has 0 fully saturated rings. The summed E-state index contributed by atoms with van der Waals surface area (Å²) >= 11 is 0. The van der Waals surface area contributed by atoms with Crippen molar-refractivity contribution in [2.45, 2.75) is 24.9 Å². The van der Waals surface area contributed by atoms with Crippen molar-refractivity contribution in [3.8, 4) is 17.4 Å². The first-order chi connectivity index (χ1) is 16.0. The van der Waals surface area contributed by atoms with Crippen LogP contribution in [0, 0.1) is 13.8 Å². The quantitative estimate of drug-likeness (QED) is 0.414. The summed E-state index contributed by atoms with van der Waals surface area (Å²) in [5.41, 5.74) is 0.820. The fourth-order valence-corrected chi connectivity index (χ4v) is 4.23. The van der Waals surface area contributed by atoms with E-state index in [9.17, 15) is 21.6 Å². The van der Waals surface area contributed by atoms with Crippen LogP contribution in [0.2, 0.25) is 0 Å². The van der Waals surface area contributed by atoms with Gasteiger partial charge in [-0.1, -0.05) is 6.07 Å². The molecule has 4 aromatic rings. The Hall–Kier alpha value is -3.93. The Morgan fingerprint density at radius 3 is 2.35 bits per heavy atom. The van der Waals surface area contributed by atoms with Gasteiger partial charge in [-0.05, 0) is 62.4 Å². The van der Waals surface area contributed by atoms with Crippen LogP contribution in [0.5, 0.6) is 11.6 Å². The standard InChI is InChI=1S/C22H18F3N5O3S/c1-14-10-15(2)30(28-14)20-12-21(27-13-26-20)33-18-8-6-17(7-9-18)29-34(31,32)19-5-3-4-16(11-19)22(23,24)25/h3-13,29H,1-2H3. The van der Waals surface area contributed by atoms with E-state index in [1.807, 2.05) is 19.9 Å². The van der Waals surface area contributed by atoms with Gasteiger partial charge in [-0.15, -0.1) is 0 Å². The minimum Gasteiger partial charge on any atom is -0.439 e. The molecule has 2 aromatic heterocycles. The van der Waals surface area contributed by atoms with Crippen LogP contribution in [0.15, 0.2) is 71.9 Å². The molecule has 0 aliphatic rings. The van der Waals surface area contributed by atoms with Crippen molar-refractivity contribution in [1.29, 1.82) is 0 Å². The van der Waals surface area contributed by atoms with Crippen LogP contribution in [0.4, 0.5) is 18.9 Å². The van der Waals surface area contributed by atoms with Crippen LogP contribution in [-0.2, 0) is 16.2 Å². The lowest BCUT2D eigenvalue weighted by molar-refractivity contribution is -0.137. The second kappa shape index (κ2) is 8.78. The maximum Gasteiger partial charge on any atom is 0.416 e. The number of hydrogen-bond donors (Lipinski definition) is 1. The molecule has 0 spiro atoms. The van der Waals surface area contributed by atoms with E-state index < -0.39 is 26.7 Å². The Kier molecular flexibility index (Phi) is 6.00. The monoisotopic (exact) mass is 489 g/mol. The highest BCUT2D eigenvalue weighted by molar-refractivity contribution is 7.92. The van der Waals surface area contributed by atoms with Crippen molar-refractivity contribution >= 4 is 15.7 Å². The lowest BCUT2D eigenvalue weighted by atomic mass is 10.2. The van der Waals surface area contributed by atoms with Gasteiger partial charge in [-0.25, -0.2) is 23.1 Å². The molecule has 0 radical (unpaired) electrons. The predicted octanol–water partition coefficient (Wildman–Crippen LogP) is 4.89. The Labute approximate surface area is 193 Å². The third kappa shape index (κ3) is 5.17. The van der Waals surface area contributed by atoms with Crippen LogP contribution in [0.25, 0.3) is 5.82 Å². The van der Waals surface area contributed by atoms with E-state index in [1.54, 1.807) is 10.7 Å². The molecule has 0 bridgehead atoms. The van der Waals surface area contributed by atoms with Crippen molar-refractivity contribution in [3.63, 3.8) is 0 Å². The van der Waals surface area contributed by atoms with E-state index >= 15 is 0 Å². The van der Waals surface area contributed by atoms with Crippen LogP contribution >= 0.6 is 0 Å². The highest BCUT2D eigenvalue weighted by atomic mass is 32.2. The number of halogens is 3. The van der Waals surface area contributed by atoms with Gasteiger partial charge < -0.3 is 4.74 Å². The van der Waals surface area contributed by atoms with E-state index in [4.69, 9.17) is 4.74 Å². The highest BCUT2D eigenvalue weighted by Crippen LogP contribution is 2.31. The largest absolute Gasteiger partial charge is 0.439 e. The summed E-state index contributed by atoms with van der Waals surface area (Å²) in [5.74, 6) is 1.12. The minimum absolute atomic E-state index is 0.149. The van der Waals surface area contributed by atoms with Crippen LogP contribution < -0.4 is 9.46 Å². The van der Waals surface area contributed by atoms with Gasteiger partial charge in [0.05, 0.1) is 16.2 Å². The molecule has 2 aromatic carbocycles. The molecular formula is C22H18F3N5O3S. The van der Waals surface area contributed by atoms with Crippen LogP contribution in [-0.4, -0.2) is 28.2 Å². The summed E-state index contributed by atoms with van der Waals surface area (Å²) in [6.07, 6.45) is -3.32. The first-order valence-corrected chi connectivity index (χ1v) is 11.3. The predicted molar refractivity (Wildman–Crippen MR) is 117 cm³/mol. The summed E-state index contributed by atoms with van der Waals surface area (Å²) < 4.78 is 73.4. The zero-order chi connectivity index (χ0) is 24.5. The molecule has 12 heteroatoms. The molecule has 0 unspecified atom stereocenters. The first-order valence-electron chi connectivity index (χ1n) is 9.85. The van der Waals surface area contributed by atoms with Gasteiger partial charge in [0, 0.05) is 17.4 Å². The lowest BCUT2D eigenvalue weighted by Crippen LogP contribution is -2.14. The van der Waals surface area contributed by atoms with E-state index in [0.717, 1.165) is 29.6 Å². The summed E-state index contributed by atoms with van der Waals surface area (Å²) in [6, 6.07) is 12.8. The summed E-state index contributed by atoms with van der Waals surface area (Å²) in [5, 5.41) is 4.36. The van der Waals surface area contributed by atoms with Crippen LogP contribution in [0.3, 0.4) is 0 Å². The number of nitrogens with one attached hydrogen (secondary N) is 1. The van der Waals surface area contributed by atoms with Gasteiger partial charge in [0.15, 0.2) is 5.82 Å². The number of nitrogens with zero attached hydrogens (tertiary/aromatic N) is 4. The molecule has 0 aliphatic carbocycles. The molecule has 0 aliphatic heterocycles. The average molecular weight is 489 g/mol. The first kappa shape index (κ1) is 23.2. The molecule has 0 atom stereocenters. The molecule has 176 valence electrons. The number of sulfonamides is 1. The molecule has 0 amide bonds. The fraction of sp³-hybridized carbons (Fsp3) is 0.136. The van der Waals surface area contributed by atoms with Crippen molar-refractivity contribution in [2.24, 2.45) is 0 Å². The molecule has 2 heterocycles. The molecule has 4 rings (SSSR count). The third-order valence-electron chi connectivity index (χ3n) is 4.65. The van der Waals surface area contributed by atoms with E-state index in [2.05, 4.69) is 19.8 Å². The van der Waals surface area contributed by atoms with E-state index in [1.165, 1.54) is 30.6 Å². The smallest absolute Gasteiger partial charge is 0.416 e. The van der Waals surface area contributed by atoms with Gasteiger partial charge >= 0.3 is 6.18 Å². The van der Waals surface area contributed by atoms with Crippen molar-refractivity contribution in [3.05, 3.63) is 83.9 Å². The Morgan fingerprint density at radius 1 is 0.971 bits per heavy atom. The SMILES string of the molecule is Cc1cc(C)n(-c2cc(Oc3ccc(NS(=O)(=O)c4cccc(C(F)(F)F)c4)cc3)ncn2)n1. The molecule has 0 saturated carbocycles. The van der Waals surface area contributed by atoms with E-state index in [-0.39, 0.29) is 11.6 Å². The van der Waals surface area contributed by atoms with Gasteiger partial charge in [-0.3, -0.25) is 4.72 Å². The maximum absolute atomic E-state index is 12.9. The number of aromatic nitrogens is 4. The van der Waals surface area contributed by atoms with E-state index in [0.29, 0.717) is 17.6 Å². The summed E-state index contributed by atoms with van der Waals surface area (Å²) in [7, 11) is -4.23. The second-order valence-corrected chi connectivity index (χ2v) is 8.99. The molecule has 8 nitrogen and oxygen atoms in total. The van der Waals surface area contributed by atoms with Gasteiger partial charge in [0.25, 0.3) is 10.0 Å². The molecule has 0 saturated heterocycles. The Balaban J connectivity index is 1.49. The summed E-state index contributed by atoms with van der Waals surface area (Å²) in [4.78, 5) is 7.76. The number of hydrogen-bond acceptors (Lipinski definition) is 6. The van der Waals surface area contributed by atoms with Crippen molar-refractivity contribution in [1.82, 2.24) is 19.7 Å². The fourth-order valence-electron chi connectivity index (χ4n) is 3.13. The molecule has 1 N–H and O–H groups in total.